The van der Waals surface area contributed by atoms with Crippen molar-refractivity contribution in [3.63, 3.8) is 0 Å². The van der Waals surface area contributed by atoms with Gasteiger partial charge in [0.25, 0.3) is 5.91 Å². The number of piperidine rings is 1. The zero-order valence-corrected chi connectivity index (χ0v) is 17.8. The van der Waals surface area contributed by atoms with E-state index in [9.17, 15) is 9.59 Å². The van der Waals surface area contributed by atoms with Gasteiger partial charge in [0, 0.05) is 29.7 Å². The van der Waals surface area contributed by atoms with Crippen molar-refractivity contribution in [3.8, 4) is 0 Å². The van der Waals surface area contributed by atoms with Crippen LogP contribution in [0.5, 0.6) is 0 Å². The summed E-state index contributed by atoms with van der Waals surface area (Å²) in [5, 5.41) is 7.75. The number of methoxy groups -OCH3 is 1. The summed E-state index contributed by atoms with van der Waals surface area (Å²) in [7, 11) is 1.30. The minimum atomic E-state index is -0.534. The summed E-state index contributed by atoms with van der Waals surface area (Å²) >= 11 is 13.3. The SMILES string of the molecule is COC(=O)c1cnc(N2CC[C@@H](NC(=O)c3[nH]c(C)c(Cl)c3Cl)[C@@H](N=[N+]=[N-])C2)s1. The molecule has 29 heavy (non-hydrogen) atoms. The minimum absolute atomic E-state index is 0.151. The van der Waals surface area contributed by atoms with E-state index in [1.807, 2.05) is 4.90 Å². The second kappa shape index (κ2) is 8.91. The lowest BCUT2D eigenvalue weighted by Crippen LogP contribution is -2.53. The summed E-state index contributed by atoms with van der Waals surface area (Å²) in [6, 6.07) is -0.929. The first-order valence-electron chi connectivity index (χ1n) is 8.53. The molecule has 2 N–H and O–H groups in total. The Morgan fingerprint density at radius 1 is 1.48 bits per heavy atom. The zero-order valence-electron chi connectivity index (χ0n) is 15.5. The minimum Gasteiger partial charge on any atom is -0.465 e. The number of anilines is 1. The normalized spacial score (nSPS) is 18.8. The van der Waals surface area contributed by atoms with Gasteiger partial charge in [-0.05, 0) is 18.9 Å². The van der Waals surface area contributed by atoms with E-state index in [1.165, 1.54) is 24.6 Å². The molecule has 2 aromatic rings. The summed E-state index contributed by atoms with van der Waals surface area (Å²) in [6.45, 7) is 2.60. The van der Waals surface area contributed by atoms with Gasteiger partial charge >= 0.3 is 5.97 Å². The molecule has 10 nitrogen and oxygen atoms in total. The zero-order chi connectivity index (χ0) is 21.1. The third-order valence-corrected chi connectivity index (χ3v) is 6.52. The highest BCUT2D eigenvalue weighted by Gasteiger charge is 2.32. The second-order valence-electron chi connectivity index (χ2n) is 6.34. The molecule has 1 fully saturated rings. The highest BCUT2D eigenvalue weighted by atomic mass is 35.5. The summed E-state index contributed by atoms with van der Waals surface area (Å²) in [5.41, 5.74) is 9.70. The van der Waals surface area contributed by atoms with Gasteiger partial charge < -0.3 is 19.9 Å². The van der Waals surface area contributed by atoms with Gasteiger partial charge in [-0.2, -0.15) is 0 Å². The number of hydrogen-bond acceptors (Lipinski definition) is 7. The first-order chi connectivity index (χ1) is 13.8. The van der Waals surface area contributed by atoms with E-state index in [2.05, 4.69) is 25.3 Å². The van der Waals surface area contributed by atoms with Gasteiger partial charge in [0.2, 0.25) is 0 Å². The number of esters is 1. The number of hydrogen-bond donors (Lipinski definition) is 2. The number of rotatable bonds is 5. The lowest BCUT2D eigenvalue weighted by molar-refractivity contribution is 0.0606. The highest BCUT2D eigenvalue weighted by molar-refractivity contribution is 7.17. The molecule has 0 aliphatic carbocycles. The van der Waals surface area contributed by atoms with Crippen molar-refractivity contribution in [1.29, 1.82) is 0 Å². The molecule has 154 valence electrons. The Balaban J connectivity index is 1.73. The molecule has 0 spiro atoms. The second-order valence-corrected chi connectivity index (χ2v) is 8.10. The third-order valence-electron chi connectivity index (χ3n) is 4.53. The number of aromatic nitrogens is 2. The van der Waals surface area contributed by atoms with Crippen LogP contribution < -0.4 is 10.2 Å². The molecule has 2 atom stereocenters. The first-order valence-corrected chi connectivity index (χ1v) is 10.1. The lowest BCUT2D eigenvalue weighted by atomic mass is 10.00. The molecule has 0 aromatic carbocycles. The van der Waals surface area contributed by atoms with E-state index in [-0.39, 0.29) is 10.7 Å². The highest BCUT2D eigenvalue weighted by Crippen LogP contribution is 2.30. The van der Waals surface area contributed by atoms with E-state index in [1.54, 1.807) is 6.92 Å². The fourth-order valence-corrected chi connectivity index (χ4v) is 4.32. The van der Waals surface area contributed by atoms with Gasteiger partial charge in [0.05, 0.1) is 29.4 Å². The fraction of sp³-hybridized carbons (Fsp3) is 0.438. The maximum absolute atomic E-state index is 12.6. The van der Waals surface area contributed by atoms with E-state index in [4.69, 9.17) is 33.5 Å². The average molecular weight is 458 g/mol. The Morgan fingerprint density at radius 3 is 2.86 bits per heavy atom. The molecule has 0 bridgehead atoms. The van der Waals surface area contributed by atoms with Gasteiger partial charge in [-0.3, -0.25) is 4.79 Å². The standard InChI is InChI=1S/C16H17Cl2N7O3S/c1-7-11(17)12(18)13(21-7)14(26)22-8-3-4-25(6-9(8)23-24-19)16-20-5-10(29-16)15(27)28-2/h5,8-9,21H,3-4,6H2,1-2H3,(H,22,26)/t8-,9+/m1/s1. The quantitative estimate of drug-likeness (QED) is 0.306. The Labute approximate surface area is 179 Å². The van der Waals surface area contributed by atoms with Crippen LogP contribution in [0, 0.1) is 6.92 Å². The number of thiazole rings is 1. The maximum Gasteiger partial charge on any atom is 0.349 e. The van der Waals surface area contributed by atoms with Crippen molar-refractivity contribution in [3.05, 3.63) is 42.9 Å². The van der Waals surface area contributed by atoms with Gasteiger partial charge in [-0.1, -0.05) is 39.7 Å². The van der Waals surface area contributed by atoms with Crippen molar-refractivity contribution in [2.75, 3.05) is 25.1 Å². The van der Waals surface area contributed by atoms with E-state index in [0.29, 0.717) is 40.2 Å². The Morgan fingerprint density at radius 2 is 2.24 bits per heavy atom. The Hall–Kier alpha value is -2.46. The van der Waals surface area contributed by atoms with Crippen LogP contribution >= 0.6 is 34.5 Å². The van der Waals surface area contributed by atoms with Crippen LogP contribution in [-0.4, -0.2) is 54.1 Å². The van der Waals surface area contributed by atoms with Crippen molar-refractivity contribution < 1.29 is 14.3 Å². The molecule has 1 aliphatic rings. The molecule has 2 aromatic heterocycles. The van der Waals surface area contributed by atoms with Crippen LogP contribution in [0.15, 0.2) is 11.3 Å². The molecule has 0 radical (unpaired) electrons. The lowest BCUT2D eigenvalue weighted by Gasteiger charge is -2.36. The molecule has 0 saturated carbocycles. The van der Waals surface area contributed by atoms with Crippen LogP contribution in [0.2, 0.25) is 10.0 Å². The average Bonchev–Trinajstić information content (AvgIpc) is 3.30. The number of amides is 1. The summed E-state index contributed by atoms with van der Waals surface area (Å²) < 4.78 is 4.69. The number of azide groups is 1. The Kier molecular flexibility index (Phi) is 6.53. The largest absolute Gasteiger partial charge is 0.465 e. The fourth-order valence-electron chi connectivity index (χ4n) is 3.03. The van der Waals surface area contributed by atoms with Crippen LogP contribution in [-0.2, 0) is 4.74 Å². The van der Waals surface area contributed by atoms with Crippen LogP contribution in [0.4, 0.5) is 5.13 Å². The maximum atomic E-state index is 12.6. The molecular weight excluding hydrogens is 441 g/mol. The van der Waals surface area contributed by atoms with E-state index >= 15 is 0 Å². The molecule has 13 heteroatoms. The predicted molar refractivity (Wildman–Crippen MR) is 110 cm³/mol. The molecule has 1 aliphatic heterocycles. The van der Waals surface area contributed by atoms with Crippen LogP contribution in [0.3, 0.4) is 0 Å². The van der Waals surface area contributed by atoms with Crippen LogP contribution in [0.1, 0.15) is 32.3 Å². The van der Waals surface area contributed by atoms with Crippen LogP contribution in [0.25, 0.3) is 10.4 Å². The van der Waals surface area contributed by atoms with E-state index < -0.39 is 24.0 Å². The molecule has 3 heterocycles. The summed E-state index contributed by atoms with van der Waals surface area (Å²) in [4.78, 5) is 36.5. The number of halogens is 2. The third kappa shape index (κ3) is 4.43. The summed E-state index contributed by atoms with van der Waals surface area (Å²) in [5.74, 6) is -0.886. The number of carbonyl (C=O) groups is 2. The monoisotopic (exact) mass is 457 g/mol. The topological polar surface area (TPSA) is 136 Å². The number of aromatic amines is 1. The van der Waals surface area contributed by atoms with Crippen molar-refractivity contribution in [1.82, 2.24) is 15.3 Å². The van der Waals surface area contributed by atoms with Gasteiger partial charge in [-0.15, -0.1) is 0 Å². The molecular formula is C16H17Cl2N7O3S. The van der Waals surface area contributed by atoms with Crippen molar-refractivity contribution in [2.24, 2.45) is 5.11 Å². The number of nitrogens with zero attached hydrogens (tertiary/aromatic N) is 5. The molecule has 1 amide bonds. The van der Waals surface area contributed by atoms with Gasteiger partial charge in [0.1, 0.15) is 10.6 Å². The smallest absolute Gasteiger partial charge is 0.349 e. The first kappa shape index (κ1) is 21.3. The van der Waals surface area contributed by atoms with Gasteiger partial charge in [-0.25, -0.2) is 9.78 Å². The van der Waals surface area contributed by atoms with Crippen molar-refractivity contribution in [2.45, 2.75) is 25.4 Å². The molecule has 3 rings (SSSR count). The molecule has 1 saturated heterocycles. The van der Waals surface area contributed by atoms with E-state index in [0.717, 1.165) is 0 Å². The van der Waals surface area contributed by atoms with Gasteiger partial charge in [0.15, 0.2) is 5.13 Å². The number of ether oxygens (including phenoxy) is 1. The Bertz CT molecular complexity index is 985. The number of H-pyrrole nitrogens is 1. The summed E-state index contributed by atoms with van der Waals surface area (Å²) in [6.07, 6.45) is 1.95. The predicted octanol–water partition coefficient (Wildman–Crippen LogP) is 3.56. The number of aryl methyl sites for hydroxylation is 1. The van der Waals surface area contributed by atoms with Crippen molar-refractivity contribution >= 4 is 51.5 Å². The molecule has 0 unspecified atom stereocenters. The number of nitrogens with one attached hydrogen (secondary N) is 2. The number of carbonyl (C=O) groups excluding carboxylic acids is 2.